The molecule has 0 spiro atoms. The molecule has 0 atom stereocenters. The van der Waals surface area contributed by atoms with Gasteiger partial charge in [0.2, 0.25) is 8.38 Å². The second-order valence-corrected chi connectivity index (χ2v) is 12.4. The van der Waals surface area contributed by atoms with E-state index in [4.69, 9.17) is 30.6 Å². The van der Waals surface area contributed by atoms with Gasteiger partial charge in [-0.3, -0.25) is 9.36 Å². The molecule has 0 bridgehead atoms. The number of piperidine rings is 1. The second-order valence-electron chi connectivity index (χ2n) is 9.47. The number of halogens is 1. The smallest absolute Gasteiger partial charge is 0.362 e. The molecule has 0 unspecified atom stereocenters. The van der Waals surface area contributed by atoms with E-state index in [0.717, 1.165) is 25.3 Å². The van der Waals surface area contributed by atoms with E-state index in [2.05, 4.69) is 5.16 Å². The third kappa shape index (κ3) is 13.2. The molecule has 3 rings (SSSR count). The van der Waals surface area contributed by atoms with E-state index in [0.29, 0.717) is 32.4 Å². The Hall–Kier alpha value is -2.50. The van der Waals surface area contributed by atoms with E-state index in [1.165, 1.54) is 0 Å². The normalized spacial score (nSPS) is 18.7. The molecule has 0 radical (unpaired) electrons. The number of amides is 1. The van der Waals surface area contributed by atoms with Gasteiger partial charge in [0.1, 0.15) is 17.1 Å². The summed E-state index contributed by atoms with van der Waals surface area (Å²) < 4.78 is 27.7. The molecule has 246 valence electrons. The van der Waals surface area contributed by atoms with E-state index in [1.54, 1.807) is 11.0 Å². The van der Waals surface area contributed by atoms with Crippen LogP contribution in [-0.4, -0.2) is 81.1 Å². The molecular formula is C28H41ClN2O11P2. The Morgan fingerprint density at radius 1 is 1.07 bits per heavy atom. The maximum atomic E-state index is 13.3. The maximum absolute atomic E-state index is 13.3. The van der Waals surface area contributed by atoms with Crippen LogP contribution >= 0.6 is 27.6 Å². The van der Waals surface area contributed by atoms with E-state index < -0.39 is 34.6 Å². The highest BCUT2D eigenvalue weighted by Gasteiger charge is 2.28. The van der Waals surface area contributed by atoms with Gasteiger partial charge >= 0.3 is 13.6 Å². The van der Waals surface area contributed by atoms with Crippen LogP contribution in [0, 0.1) is 0 Å². The Bertz CT molecular complexity index is 1230. The largest absolute Gasteiger partial charge is 0.483 e. The Kier molecular flexibility index (Phi) is 17.0. The van der Waals surface area contributed by atoms with Gasteiger partial charge in [-0.05, 0) is 50.2 Å². The maximum Gasteiger partial charge on any atom is 0.362 e. The number of carbonyl (C=O) groups is 2. The number of ether oxygens (including phenoxy) is 3. The zero-order valence-electron chi connectivity index (χ0n) is 24.9. The third-order valence-electron chi connectivity index (χ3n) is 6.15. The topological polar surface area (TPSA) is 185 Å². The monoisotopic (exact) mass is 678 g/mol. The van der Waals surface area contributed by atoms with E-state index in [1.807, 2.05) is 32.1 Å². The molecule has 1 aromatic rings. The quantitative estimate of drug-likeness (QED) is 0.121. The molecule has 0 saturated carbocycles. The minimum atomic E-state index is -4.62. The van der Waals surface area contributed by atoms with E-state index in [-0.39, 0.29) is 58.9 Å². The van der Waals surface area contributed by atoms with Crippen molar-refractivity contribution in [1.29, 1.82) is 0 Å². The number of oxime groups is 1. The summed E-state index contributed by atoms with van der Waals surface area (Å²) in [4.78, 5) is 70.5. The number of likely N-dealkylation sites (tertiary alicyclic amines) is 1. The first-order valence-corrected chi connectivity index (χ1v) is 17.9. The van der Waals surface area contributed by atoms with Crippen molar-refractivity contribution in [1.82, 2.24) is 4.90 Å². The Balaban J connectivity index is 0.00000330. The predicted molar refractivity (Wildman–Crippen MR) is 167 cm³/mol. The van der Waals surface area contributed by atoms with Gasteiger partial charge in [-0.25, -0.2) is 4.79 Å². The highest BCUT2D eigenvalue weighted by Crippen LogP contribution is 2.42. The van der Waals surface area contributed by atoms with Crippen molar-refractivity contribution in [3.8, 4) is 11.5 Å². The number of fused-ring (bicyclic) bond motifs is 1. The molecular weight excluding hydrogens is 638 g/mol. The van der Waals surface area contributed by atoms with Crippen LogP contribution < -0.4 is 9.47 Å². The molecule has 16 heteroatoms. The fourth-order valence-electron chi connectivity index (χ4n) is 4.20. The van der Waals surface area contributed by atoms with Gasteiger partial charge in [-0.15, -0.1) is 0 Å². The van der Waals surface area contributed by atoms with Gasteiger partial charge in [0.25, 0.3) is 5.91 Å². The van der Waals surface area contributed by atoms with Crippen molar-refractivity contribution in [2.24, 2.45) is 5.16 Å². The van der Waals surface area contributed by atoms with Gasteiger partial charge in [-0.1, -0.05) is 48.8 Å². The van der Waals surface area contributed by atoms with Crippen molar-refractivity contribution in [3.63, 3.8) is 0 Å². The fraction of sp³-hybridized carbons (Fsp3) is 0.536. The van der Waals surface area contributed by atoms with Crippen LogP contribution in [0.3, 0.4) is 0 Å². The van der Waals surface area contributed by atoms with Gasteiger partial charge in [0.05, 0.1) is 17.3 Å². The Morgan fingerprint density at radius 3 is 2.43 bits per heavy atom. The lowest BCUT2D eigenvalue weighted by Crippen LogP contribution is -2.37. The molecule has 2 heterocycles. The number of allylic oxidation sites excluding steroid dienone is 3. The summed E-state index contributed by atoms with van der Waals surface area (Å²) in [5.74, 6) is -1.47. The number of benzene rings is 1. The number of hydrogen-bond acceptors (Lipinski definition) is 10. The number of carbonyl (C=O) groups excluding carboxylic acids is 2. The van der Waals surface area contributed by atoms with Crippen LogP contribution in [0.4, 0.5) is 0 Å². The van der Waals surface area contributed by atoms with Gasteiger partial charge < -0.3 is 43.5 Å². The lowest BCUT2D eigenvalue weighted by molar-refractivity contribution is -0.137. The van der Waals surface area contributed by atoms with Crippen LogP contribution in [-0.2, 0) is 25.4 Å². The van der Waals surface area contributed by atoms with Crippen molar-refractivity contribution < 1.29 is 52.8 Å². The Labute approximate surface area is 263 Å². The highest BCUT2D eigenvalue weighted by molar-refractivity contribution is 7.51. The molecule has 1 amide bonds. The molecule has 4 N–H and O–H groups in total. The lowest BCUT2D eigenvalue weighted by atomic mass is 9.99. The minimum Gasteiger partial charge on any atom is -0.483 e. The first-order chi connectivity index (χ1) is 21.0. The average Bonchev–Trinajstić information content (AvgIpc) is 2.99. The standard InChI is InChI=1S/C26H35ClN2O11P2.C2H6/c27-25-20-14-19(28-40-16-23(30)29-11-7-5-8-12-29)10-6-3-1-2-4-9-13-37-26(31)24(20)21(38-17-41(32)33)15-22(25)39-18-42(34,35)36;1-2/h2,4,6,10,15,32-33H,1,3,5,7-9,11-14,16-18H2,(H2,34,35,36);1-2H3/b4-2+,10-6+,28-19+;. The molecule has 0 aliphatic carbocycles. The van der Waals surface area contributed by atoms with Crippen LogP contribution in [0.2, 0.25) is 5.02 Å². The molecule has 2 aliphatic rings. The van der Waals surface area contributed by atoms with Gasteiger partial charge in [0, 0.05) is 25.6 Å². The molecule has 0 aromatic heterocycles. The van der Waals surface area contributed by atoms with Gasteiger partial charge in [0.15, 0.2) is 19.3 Å². The summed E-state index contributed by atoms with van der Waals surface area (Å²) in [7, 11) is -7.15. The predicted octanol–water partition coefficient (Wildman–Crippen LogP) is 4.89. The molecule has 1 saturated heterocycles. The molecule has 1 fully saturated rings. The third-order valence-corrected chi connectivity index (χ3v) is 7.39. The number of esters is 1. The number of rotatable bonds is 9. The lowest BCUT2D eigenvalue weighted by Gasteiger charge is -2.26. The zero-order chi connectivity index (χ0) is 32.5. The van der Waals surface area contributed by atoms with Crippen LogP contribution in [0.1, 0.15) is 68.3 Å². The summed E-state index contributed by atoms with van der Waals surface area (Å²) >= 11 is 6.63. The van der Waals surface area contributed by atoms with Crippen LogP contribution in [0.25, 0.3) is 0 Å². The van der Waals surface area contributed by atoms with Gasteiger partial charge in [-0.2, -0.15) is 0 Å². The number of nitrogens with zero attached hydrogens (tertiary/aromatic N) is 2. The highest BCUT2D eigenvalue weighted by atomic mass is 35.5. The first-order valence-electron chi connectivity index (χ1n) is 14.3. The van der Waals surface area contributed by atoms with Crippen molar-refractivity contribution in [2.45, 2.75) is 58.8 Å². The molecule has 1 aromatic carbocycles. The molecule has 44 heavy (non-hydrogen) atoms. The second kappa shape index (κ2) is 19.8. The minimum absolute atomic E-state index is 0.0352. The van der Waals surface area contributed by atoms with Crippen molar-refractivity contribution >= 4 is 45.2 Å². The van der Waals surface area contributed by atoms with Crippen molar-refractivity contribution in [2.75, 3.05) is 39.0 Å². The first kappa shape index (κ1) is 37.7. The molecule has 2 aliphatic heterocycles. The zero-order valence-corrected chi connectivity index (χ0v) is 27.4. The average molecular weight is 679 g/mol. The summed E-state index contributed by atoms with van der Waals surface area (Å²) in [6.45, 7) is 5.05. The van der Waals surface area contributed by atoms with Crippen LogP contribution in [0.5, 0.6) is 11.5 Å². The molecule has 13 nitrogen and oxygen atoms in total. The van der Waals surface area contributed by atoms with Crippen LogP contribution in [0.15, 0.2) is 35.5 Å². The summed E-state index contributed by atoms with van der Waals surface area (Å²) in [6.07, 6.45) is 10.3. The van der Waals surface area contributed by atoms with Crippen molar-refractivity contribution in [3.05, 3.63) is 46.5 Å². The Morgan fingerprint density at radius 2 is 1.75 bits per heavy atom. The van der Waals surface area contributed by atoms with E-state index >= 15 is 0 Å². The fourth-order valence-corrected chi connectivity index (χ4v) is 5.03. The summed E-state index contributed by atoms with van der Waals surface area (Å²) in [6, 6.07) is 1.13. The summed E-state index contributed by atoms with van der Waals surface area (Å²) in [5, 5.41) is 3.97. The number of cyclic esters (lactones) is 1. The summed E-state index contributed by atoms with van der Waals surface area (Å²) in [5.41, 5.74) is 0.178. The van der Waals surface area contributed by atoms with E-state index in [9.17, 15) is 33.7 Å². The number of hydrogen-bond donors (Lipinski definition) is 4. The SMILES string of the molecule is CC.O=C1OCC/C=C/CC/C=C/C(=N\OCC(=O)N2CCCCC2)Cc2c(Cl)c(OCP(=O)(O)O)cc(OCP(O)O)c21.